The fraction of sp³-hybridized carbons (Fsp3) is 0.355. The number of fused-ring (bicyclic) bond motifs is 1. The van der Waals surface area contributed by atoms with E-state index in [1.165, 1.54) is 5.56 Å². The van der Waals surface area contributed by atoms with Crippen molar-refractivity contribution < 1.29 is 4.74 Å². The molecule has 0 unspecified atom stereocenters. The summed E-state index contributed by atoms with van der Waals surface area (Å²) in [5, 5.41) is 0. The molecule has 0 spiro atoms. The highest BCUT2D eigenvalue weighted by Gasteiger charge is 2.29. The third-order valence-corrected chi connectivity index (χ3v) is 7.39. The van der Waals surface area contributed by atoms with Crippen molar-refractivity contribution in [3.8, 4) is 11.6 Å². The lowest BCUT2D eigenvalue weighted by Crippen LogP contribution is -2.23. The van der Waals surface area contributed by atoms with Crippen LogP contribution in [0.1, 0.15) is 62.8 Å². The first-order chi connectivity index (χ1) is 17.4. The van der Waals surface area contributed by atoms with E-state index in [2.05, 4.69) is 112 Å². The summed E-state index contributed by atoms with van der Waals surface area (Å²) < 4.78 is 8.70. The van der Waals surface area contributed by atoms with E-state index in [4.69, 9.17) is 14.7 Å². The van der Waals surface area contributed by atoms with Gasteiger partial charge in [-0.15, -0.1) is 0 Å². The monoisotopic (exact) mass is 495 g/mol. The van der Waals surface area contributed by atoms with Crippen LogP contribution >= 0.6 is 0 Å². The molecule has 0 aliphatic carbocycles. The van der Waals surface area contributed by atoms with Crippen molar-refractivity contribution in [2.45, 2.75) is 59.3 Å². The third kappa shape index (κ3) is 4.68. The Balaban J connectivity index is 1.58. The number of imidazole rings is 1. The van der Waals surface area contributed by atoms with Crippen LogP contribution < -0.4 is 9.64 Å². The molecular formula is C31H37N5O. The number of pyridine rings is 2. The van der Waals surface area contributed by atoms with Crippen LogP contribution in [0.15, 0.2) is 67.1 Å². The lowest BCUT2D eigenvalue weighted by Gasteiger charge is -2.28. The second-order valence-electron chi connectivity index (χ2n) is 11.6. The Hall–Kier alpha value is -3.80. The minimum absolute atomic E-state index is 0.0493. The van der Waals surface area contributed by atoms with Gasteiger partial charge in [-0.1, -0.05) is 40.7 Å². The number of benzene rings is 1. The molecule has 37 heavy (non-hydrogen) atoms. The summed E-state index contributed by atoms with van der Waals surface area (Å²) in [4.78, 5) is 14.0. The van der Waals surface area contributed by atoms with Crippen molar-refractivity contribution in [2.75, 3.05) is 18.6 Å². The second kappa shape index (κ2) is 8.94. The van der Waals surface area contributed by atoms with E-state index in [0.717, 1.165) is 52.3 Å². The summed E-state index contributed by atoms with van der Waals surface area (Å²) in [5.74, 6) is 1.53. The summed E-state index contributed by atoms with van der Waals surface area (Å²) in [6.07, 6.45) is 6.08. The summed E-state index contributed by atoms with van der Waals surface area (Å²) >= 11 is 0. The van der Waals surface area contributed by atoms with Gasteiger partial charge in [0.05, 0.1) is 18.1 Å². The molecule has 5 rings (SSSR count). The number of aryl methyl sites for hydroxylation is 2. The van der Waals surface area contributed by atoms with Gasteiger partial charge in [0.2, 0.25) is 5.88 Å². The molecule has 0 amide bonds. The number of nitrogens with zero attached hydrogens (tertiary/aromatic N) is 5. The van der Waals surface area contributed by atoms with Gasteiger partial charge in [-0.05, 0) is 60.7 Å². The third-order valence-electron chi connectivity index (χ3n) is 7.39. The highest BCUT2D eigenvalue weighted by Crippen LogP contribution is 2.37. The lowest BCUT2D eigenvalue weighted by molar-refractivity contribution is 0.451. The van der Waals surface area contributed by atoms with Crippen molar-refractivity contribution in [1.82, 2.24) is 19.3 Å². The Morgan fingerprint density at radius 3 is 2.38 bits per heavy atom. The Bertz CT molecular complexity index is 1490. The number of aromatic nitrogens is 3. The van der Waals surface area contributed by atoms with Gasteiger partial charge in [-0.25, -0.2) is 4.98 Å². The standard InChI is InChI=1S/C31H37N5O/c1-21-22(2)36-28(33-21)17-24(31(6,7)27-16-23(12-13-32-27)30(3,4)5)18-29(36)37-26-11-9-10-25(19-26)35-15-14-34(8)20-35/h9-19H,20H2,1-8H3. The van der Waals surface area contributed by atoms with Crippen LogP contribution in [0.3, 0.4) is 0 Å². The van der Waals surface area contributed by atoms with E-state index in [1.807, 2.05) is 25.3 Å². The normalized spacial score (nSPS) is 14.2. The quantitative estimate of drug-likeness (QED) is 0.300. The summed E-state index contributed by atoms with van der Waals surface area (Å²) in [6.45, 7) is 16.1. The Morgan fingerprint density at radius 2 is 1.68 bits per heavy atom. The van der Waals surface area contributed by atoms with Crippen LogP contribution in [-0.2, 0) is 10.8 Å². The predicted octanol–water partition coefficient (Wildman–Crippen LogP) is 6.94. The summed E-state index contributed by atoms with van der Waals surface area (Å²) in [7, 11) is 2.07. The molecule has 0 bridgehead atoms. The topological polar surface area (TPSA) is 45.9 Å². The zero-order chi connectivity index (χ0) is 26.5. The first kappa shape index (κ1) is 24.9. The maximum Gasteiger partial charge on any atom is 0.206 e. The van der Waals surface area contributed by atoms with Gasteiger partial charge in [0.15, 0.2) is 0 Å². The first-order valence-corrected chi connectivity index (χ1v) is 12.8. The van der Waals surface area contributed by atoms with E-state index >= 15 is 0 Å². The average Bonchev–Trinajstić information content (AvgIpc) is 3.41. The molecule has 4 heterocycles. The Kier molecular flexibility index (Phi) is 6.01. The molecule has 6 heteroatoms. The van der Waals surface area contributed by atoms with Gasteiger partial charge in [0, 0.05) is 54.6 Å². The van der Waals surface area contributed by atoms with Crippen molar-refractivity contribution in [3.05, 3.63) is 95.3 Å². The molecule has 0 saturated carbocycles. The molecule has 4 aromatic rings. The van der Waals surface area contributed by atoms with Crippen LogP contribution in [0.5, 0.6) is 11.6 Å². The van der Waals surface area contributed by atoms with Crippen LogP contribution in [-0.4, -0.2) is 33.0 Å². The number of hydrogen-bond donors (Lipinski definition) is 0. The van der Waals surface area contributed by atoms with Gasteiger partial charge >= 0.3 is 0 Å². The van der Waals surface area contributed by atoms with Crippen molar-refractivity contribution in [3.63, 3.8) is 0 Å². The van der Waals surface area contributed by atoms with Crippen molar-refractivity contribution in [1.29, 1.82) is 0 Å². The average molecular weight is 496 g/mol. The molecule has 0 fully saturated rings. The predicted molar refractivity (Wildman–Crippen MR) is 150 cm³/mol. The summed E-state index contributed by atoms with van der Waals surface area (Å²) in [6, 6.07) is 16.9. The van der Waals surface area contributed by atoms with E-state index < -0.39 is 0 Å². The SMILES string of the molecule is Cc1nc2cc(C(C)(C)c3cc(C(C)(C)C)ccn3)cc(Oc3cccc(N4C=CN(C)C4)c3)n2c1C. The molecule has 0 radical (unpaired) electrons. The number of ether oxygens (including phenoxy) is 1. The minimum atomic E-state index is -0.346. The molecule has 1 aliphatic rings. The fourth-order valence-electron chi connectivity index (χ4n) is 4.76. The molecule has 1 aliphatic heterocycles. The number of hydrogen-bond acceptors (Lipinski definition) is 5. The highest BCUT2D eigenvalue weighted by molar-refractivity contribution is 5.56. The van der Waals surface area contributed by atoms with Gasteiger partial charge in [0.1, 0.15) is 11.4 Å². The van der Waals surface area contributed by atoms with E-state index in [-0.39, 0.29) is 10.8 Å². The summed E-state index contributed by atoms with van der Waals surface area (Å²) in [5.41, 5.74) is 7.15. The van der Waals surface area contributed by atoms with Crippen molar-refractivity contribution >= 4 is 11.3 Å². The maximum atomic E-state index is 6.60. The van der Waals surface area contributed by atoms with E-state index in [0.29, 0.717) is 0 Å². The molecule has 1 aromatic carbocycles. The smallest absolute Gasteiger partial charge is 0.206 e. The molecule has 0 N–H and O–H groups in total. The van der Waals surface area contributed by atoms with Gasteiger partial charge in [-0.2, -0.15) is 0 Å². The largest absolute Gasteiger partial charge is 0.440 e. The Labute approximate surface area is 220 Å². The molecule has 3 aromatic heterocycles. The molecule has 6 nitrogen and oxygen atoms in total. The Morgan fingerprint density at radius 1 is 0.892 bits per heavy atom. The minimum Gasteiger partial charge on any atom is -0.440 e. The van der Waals surface area contributed by atoms with Crippen LogP contribution in [0.4, 0.5) is 5.69 Å². The van der Waals surface area contributed by atoms with E-state index in [9.17, 15) is 0 Å². The highest BCUT2D eigenvalue weighted by atomic mass is 16.5. The molecule has 192 valence electrons. The van der Waals surface area contributed by atoms with Gasteiger partial charge < -0.3 is 14.5 Å². The molecular weight excluding hydrogens is 458 g/mol. The molecule has 0 atom stereocenters. The van der Waals surface area contributed by atoms with Gasteiger partial charge in [-0.3, -0.25) is 9.38 Å². The molecule has 0 saturated heterocycles. The van der Waals surface area contributed by atoms with Gasteiger partial charge in [0.25, 0.3) is 0 Å². The zero-order valence-corrected chi connectivity index (χ0v) is 23.2. The number of anilines is 1. The first-order valence-electron chi connectivity index (χ1n) is 12.8. The van der Waals surface area contributed by atoms with Crippen molar-refractivity contribution in [2.24, 2.45) is 0 Å². The fourth-order valence-corrected chi connectivity index (χ4v) is 4.76. The number of rotatable bonds is 5. The van der Waals surface area contributed by atoms with E-state index in [1.54, 1.807) is 0 Å². The van der Waals surface area contributed by atoms with Crippen LogP contribution in [0.2, 0.25) is 0 Å². The zero-order valence-electron chi connectivity index (χ0n) is 23.2. The second-order valence-corrected chi connectivity index (χ2v) is 11.6. The van der Waals surface area contributed by atoms with Crippen LogP contribution in [0.25, 0.3) is 5.65 Å². The lowest BCUT2D eigenvalue weighted by atomic mass is 9.79. The van der Waals surface area contributed by atoms with Crippen LogP contribution in [0, 0.1) is 13.8 Å². The maximum absolute atomic E-state index is 6.60.